The van der Waals surface area contributed by atoms with Gasteiger partial charge in [0.05, 0.1) is 5.69 Å². The lowest BCUT2D eigenvalue weighted by atomic mass is 9.94. The lowest BCUT2D eigenvalue weighted by Gasteiger charge is -2.31. The van der Waals surface area contributed by atoms with Crippen LogP contribution in [0.3, 0.4) is 0 Å². The van der Waals surface area contributed by atoms with Crippen molar-refractivity contribution in [3.8, 4) is 0 Å². The number of nitrogens with zero attached hydrogens (tertiary/aromatic N) is 3. The van der Waals surface area contributed by atoms with Crippen LogP contribution in [0.5, 0.6) is 0 Å². The van der Waals surface area contributed by atoms with Gasteiger partial charge in [0.25, 0.3) is 0 Å². The van der Waals surface area contributed by atoms with Gasteiger partial charge in [0.1, 0.15) is 0 Å². The van der Waals surface area contributed by atoms with Crippen molar-refractivity contribution < 1.29 is 0 Å². The average Bonchev–Trinajstić information content (AvgIpc) is 2.30. The molecule has 3 heteroatoms. The first-order valence-electron chi connectivity index (χ1n) is 5.80. The van der Waals surface area contributed by atoms with E-state index in [1.54, 1.807) is 0 Å². The SMILES string of the molecule is Cc1ccc(N(C)C2CCCCC2)nn1. The Hall–Kier alpha value is -1.12. The molecule has 1 saturated carbocycles. The summed E-state index contributed by atoms with van der Waals surface area (Å²) in [5.74, 6) is 1.01. The van der Waals surface area contributed by atoms with Crippen molar-refractivity contribution in [2.24, 2.45) is 0 Å². The van der Waals surface area contributed by atoms with Crippen LogP contribution in [0.2, 0.25) is 0 Å². The number of rotatable bonds is 2. The van der Waals surface area contributed by atoms with Crippen LogP contribution < -0.4 is 4.90 Å². The van der Waals surface area contributed by atoms with Gasteiger partial charge in [-0.1, -0.05) is 19.3 Å². The van der Waals surface area contributed by atoms with E-state index in [0.717, 1.165) is 11.5 Å². The first-order chi connectivity index (χ1) is 7.27. The van der Waals surface area contributed by atoms with E-state index in [1.807, 2.05) is 13.0 Å². The Bertz CT molecular complexity index is 301. The molecule has 0 saturated heterocycles. The lowest BCUT2D eigenvalue weighted by Crippen LogP contribution is -2.34. The van der Waals surface area contributed by atoms with Crippen molar-refractivity contribution in [2.45, 2.75) is 45.1 Å². The van der Waals surface area contributed by atoms with Gasteiger partial charge in [-0.25, -0.2) is 0 Å². The molecular formula is C12H19N3. The van der Waals surface area contributed by atoms with Crippen LogP contribution in [0.15, 0.2) is 12.1 Å². The third-order valence-electron chi connectivity index (χ3n) is 3.27. The molecule has 82 valence electrons. The molecule has 0 radical (unpaired) electrons. The van der Waals surface area contributed by atoms with E-state index in [-0.39, 0.29) is 0 Å². The van der Waals surface area contributed by atoms with Gasteiger partial charge in [0.15, 0.2) is 5.82 Å². The summed E-state index contributed by atoms with van der Waals surface area (Å²) in [4.78, 5) is 2.28. The third kappa shape index (κ3) is 2.46. The highest BCUT2D eigenvalue weighted by molar-refractivity contribution is 5.37. The Balaban J connectivity index is 2.05. The standard InChI is InChI=1S/C12H19N3/c1-10-8-9-12(14-13-10)15(2)11-6-4-3-5-7-11/h8-9,11H,3-7H2,1-2H3. The van der Waals surface area contributed by atoms with Crippen LogP contribution in [0.25, 0.3) is 0 Å². The van der Waals surface area contributed by atoms with Crippen molar-refractivity contribution in [1.82, 2.24) is 10.2 Å². The predicted molar refractivity (Wildman–Crippen MR) is 62.0 cm³/mol. The number of hydrogen-bond donors (Lipinski definition) is 0. The minimum atomic E-state index is 0.663. The smallest absolute Gasteiger partial charge is 0.151 e. The molecule has 0 aliphatic heterocycles. The maximum atomic E-state index is 4.23. The van der Waals surface area contributed by atoms with E-state index < -0.39 is 0 Å². The molecular weight excluding hydrogens is 186 g/mol. The van der Waals surface area contributed by atoms with Crippen LogP contribution in [0.4, 0.5) is 5.82 Å². The van der Waals surface area contributed by atoms with Crippen molar-refractivity contribution in [1.29, 1.82) is 0 Å². The van der Waals surface area contributed by atoms with E-state index in [1.165, 1.54) is 32.1 Å². The molecule has 1 aliphatic carbocycles. The fourth-order valence-electron chi connectivity index (χ4n) is 2.24. The molecule has 0 spiro atoms. The van der Waals surface area contributed by atoms with Crippen LogP contribution in [0.1, 0.15) is 37.8 Å². The number of aryl methyl sites for hydroxylation is 1. The normalized spacial score (nSPS) is 17.7. The first-order valence-corrected chi connectivity index (χ1v) is 5.80. The lowest BCUT2D eigenvalue weighted by molar-refractivity contribution is 0.425. The number of anilines is 1. The van der Waals surface area contributed by atoms with E-state index in [2.05, 4.69) is 28.2 Å². The summed E-state index contributed by atoms with van der Waals surface area (Å²) in [5, 5.41) is 8.33. The largest absolute Gasteiger partial charge is 0.355 e. The topological polar surface area (TPSA) is 29.0 Å². The summed E-state index contributed by atoms with van der Waals surface area (Å²) >= 11 is 0. The van der Waals surface area contributed by atoms with Gasteiger partial charge in [-0.3, -0.25) is 0 Å². The second kappa shape index (κ2) is 4.60. The summed E-state index contributed by atoms with van der Waals surface area (Å²) < 4.78 is 0. The van der Waals surface area contributed by atoms with Gasteiger partial charge in [-0.15, -0.1) is 5.10 Å². The summed E-state index contributed by atoms with van der Waals surface area (Å²) in [6, 6.07) is 4.76. The fourth-order valence-corrected chi connectivity index (χ4v) is 2.24. The van der Waals surface area contributed by atoms with Gasteiger partial charge in [-0.05, 0) is 31.9 Å². The summed E-state index contributed by atoms with van der Waals surface area (Å²) in [5.41, 5.74) is 0.982. The zero-order valence-electron chi connectivity index (χ0n) is 9.61. The molecule has 0 unspecified atom stereocenters. The molecule has 0 atom stereocenters. The third-order valence-corrected chi connectivity index (χ3v) is 3.27. The van der Waals surface area contributed by atoms with Gasteiger partial charge >= 0.3 is 0 Å². The van der Waals surface area contributed by atoms with Crippen LogP contribution in [-0.4, -0.2) is 23.3 Å². The average molecular weight is 205 g/mol. The first kappa shape index (κ1) is 10.4. The molecule has 0 amide bonds. The monoisotopic (exact) mass is 205 g/mol. The van der Waals surface area contributed by atoms with Crippen molar-refractivity contribution in [3.05, 3.63) is 17.8 Å². The number of aromatic nitrogens is 2. The Morgan fingerprint density at radius 3 is 2.47 bits per heavy atom. The van der Waals surface area contributed by atoms with Crippen molar-refractivity contribution in [2.75, 3.05) is 11.9 Å². The summed E-state index contributed by atoms with van der Waals surface area (Å²) in [6.07, 6.45) is 6.70. The van der Waals surface area contributed by atoms with Gasteiger partial charge < -0.3 is 4.90 Å². The number of hydrogen-bond acceptors (Lipinski definition) is 3. The highest BCUT2D eigenvalue weighted by Gasteiger charge is 2.18. The van der Waals surface area contributed by atoms with Crippen molar-refractivity contribution in [3.63, 3.8) is 0 Å². The van der Waals surface area contributed by atoms with Gasteiger partial charge in [0, 0.05) is 13.1 Å². The van der Waals surface area contributed by atoms with Gasteiger partial charge in [-0.2, -0.15) is 5.10 Å². The molecule has 15 heavy (non-hydrogen) atoms. The molecule has 1 fully saturated rings. The van der Waals surface area contributed by atoms with Crippen molar-refractivity contribution >= 4 is 5.82 Å². The van der Waals surface area contributed by atoms with Crippen LogP contribution in [-0.2, 0) is 0 Å². The molecule has 0 N–H and O–H groups in total. The highest BCUT2D eigenvalue weighted by Crippen LogP contribution is 2.24. The molecule has 1 heterocycles. The van der Waals surface area contributed by atoms with Crippen LogP contribution >= 0.6 is 0 Å². The Morgan fingerprint density at radius 2 is 1.87 bits per heavy atom. The zero-order chi connectivity index (χ0) is 10.7. The van der Waals surface area contributed by atoms with E-state index >= 15 is 0 Å². The molecule has 3 nitrogen and oxygen atoms in total. The molecule has 0 aromatic carbocycles. The maximum Gasteiger partial charge on any atom is 0.151 e. The molecule has 0 bridgehead atoms. The second-order valence-electron chi connectivity index (χ2n) is 4.44. The quantitative estimate of drug-likeness (QED) is 0.743. The maximum absolute atomic E-state index is 4.23. The van der Waals surface area contributed by atoms with Gasteiger partial charge in [0.2, 0.25) is 0 Å². The molecule has 1 aromatic rings. The predicted octanol–water partition coefficient (Wildman–Crippen LogP) is 2.55. The second-order valence-corrected chi connectivity index (χ2v) is 4.44. The Labute approximate surface area is 91.5 Å². The van der Waals surface area contributed by atoms with Crippen LogP contribution in [0, 0.1) is 6.92 Å². The highest BCUT2D eigenvalue weighted by atomic mass is 15.3. The van der Waals surface area contributed by atoms with E-state index in [0.29, 0.717) is 6.04 Å². The fraction of sp³-hybridized carbons (Fsp3) is 0.667. The van der Waals surface area contributed by atoms with E-state index in [9.17, 15) is 0 Å². The molecule has 1 aromatic heterocycles. The van der Waals surface area contributed by atoms with E-state index in [4.69, 9.17) is 0 Å². The summed E-state index contributed by atoms with van der Waals surface area (Å²) in [6.45, 7) is 1.97. The molecule has 1 aliphatic rings. The minimum absolute atomic E-state index is 0.663. The Morgan fingerprint density at radius 1 is 1.13 bits per heavy atom. The Kier molecular flexibility index (Phi) is 3.19. The minimum Gasteiger partial charge on any atom is -0.355 e. The summed E-state index contributed by atoms with van der Waals surface area (Å²) in [7, 11) is 2.13. The zero-order valence-corrected chi connectivity index (χ0v) is 9.61. The molecule has 2 rings (SSSR count).